The molecule has 0 spiro atoms. The Balaban J connectivity index is 1.57. The van der Waals surface area contributed by atoms with Crippen LogP contribution in [0.3, 0.4) is 0 Å². The van der Waals surface area contributed by atoms with E-state index in [1.807, 2.05) is 11.8 Å². The standard InChI is InChI=1S/C16H11NO4S2/c18-14-10-3-1-2-4-11(10)15(19)17(14)21-16(20)13-7-9-8-22-6-5-12(9)23-13/h1-4,7H,5-6,8H2. The van der Waals surface area contributed by atoms with Crippen LogP contribution in [0.4, 0.5) is 0 Å². The van der Waals surface area contributed by atoms with Crippen LogP contribution in [0, 0.1) is 0 Å². The molecule has 0 bridgehead atoms. The van der Waals surface area contributed by atoms with Crippen molar-refractivity contribution in [1.29, 1.82) is 0 Å². The van der Waals surface area contributed by atoms with Gasteiger partial charge >= 0.3 is 5.97 Å². The molecule has 0 unspecified atom stereocenters. The Morgan fingerprint density at radius 3 is 2.48 bits per heavy atom. The Hall–Kier alpha value is -2.12. The molecule has 2 aromatic rings. The molecule has 0 atom stereocenters. The molecule has 23 heavy (non-hydrogen) atoms. The monoisotopic (exact) mass is 345 g/mol. The molecule has 2 amide bonds. The first-order valence-corrected chi connectivity index (χ1v) is 9.01. The van der Waals surface area contributed by atoms with Crippen molar-refractivity contribution < 1.29 is 19.2 Å². The minimum absolute atomic E-state index is 0.257. The fourth-order valence-corrected chi connectivity index (χ4v) is 4.87. The number of rotatable bonds is 2. The predicted molar refractivity (Wildman–Crippen MR) is 86.5 cm³/mol. The molecule has 0 saturated heterocycles. The number of hydrogen-bond donors (Lipinski definition) is 0. The molecule has 1 aromatic carbocycles. The molecule has 116 valence electrons. The lowest BCUT2D eigenvalue weighted by atomic mass is 10.1. The van der Waals surface area contributed by atoms with Gasteiger partial charge in [0.15, 0.2) is 0 Å². The molecule has 0 aliphatic carbocycles. The van der Waals surface area contributed by atoms with Gasteiger partial charge in [-0.05, 0) is 35.9 Å². The highest BCUT2D eigenvalue weighted by Gasteiger charge is 2.39. The average Bonchev–Trinajstić information content (AvgIpc) is 3.11. The Kier molecular flexibility index (Phi) is 3.46. The lowest BCUT2D eigenvalue weighted by Crippen LogP contribution is -2.32. The van der Waals surface area contributed by atoms with E-state index in [4.69, 9.17) is 4.84 Å². The van der Waals surface area contributed by atoms with Gasteiger partial charge in [0.05, 0.1) is 11.1 Å². The third-order valence-electron chi connectivity index (χ3n) is 3.76. The zero-order valence-corrected chi connectivity index (χ0v) is 13.5. The minimum atomic E-state index is -0.663. The van der Waals surface area contributed by atoms with Gasteiger partial charge in [0.2, 0.25) is 0 Å². The summed E-state index contributed by atoms with van der Waals surface area (Å²) < 4.78 is 0. The second kappa shape index (κ2) is 5.50. The smallest absolute Gasteiger partial charge is 0.323 e. The van der Waals surface area contributed by atoms with Crippen molar-refractivity contribution in [3.63, 3.8) is 0 Å². The van der Waals surface area contributed by atoms with E-state index < -0.39 is 17.8 Å². The highest BCUT2D eigenvalue weighted by molar-refractivity contribution is 7.98. The lowest BCUT2D eigenvalue weighted by molar-refractivity contribution is -0.0581. The quantitative estimate of drug-likeness (QED) is 0.783. The van der Waals surface area contributed by atoms with Crippen LogP contribution in [0.25, 0.3) is 0 Å². The van der Waals surface area contributed by atoms with E-state index in [2.05, 4.69) is 0 Å². The van der Waals surface area contributed by atoms with Crippen molar-refractivity contribution in [3.8, 4) is 0 Å². The lowest BCUT2D eigenvalue weighted by Gasteiger charge is -2.11. The number of thiophene rings is 1. The molecule has 2 aliphatic rings. The second-order valence-corrected chi connectivity index (χ2v) is 7.43. The molecule has 0 saturated carbocycles. The summed E-state index contributed by atoms with van der Waals surface area (Å²) in [5.41, 5.74) is 1.65. The number of carbonyl (C=O) groups is 3. The van der Waals surface area contributed by atoms with E-state index in [1.165, 1.54) is 16.2 Å². The molecular weight excluding hydrogens is 334 g/mol. The largest absolute Gasteiger partial charge is 0.373 e. The van der Waals surface area contributed by atoms with E-state index in [-0.39, 0.29) is 11.1 Å². The summed E-state index contributed by atoms with van der Waals surface area (Å²) in [5, 5.41) is 0.556. The minimum Gasteiger partial charge on any atom is -0.323 e. The number of aryl methyl sites for hydroxylation is 1. The van der Waals surface area contributed by atoms with Gasteiger partial charge in [-0.2, -0.15) is 11.8 Å². The Bertz CT molecular complexity index is 784. The summed E-state index contributed by atoms with van der Waals surface area (Å²) in [5.74, 6) is 0.0579. The molecule has 3 heterocycles. The van der Waals surface area contributed by atoms with Crippen LogP contribution in [0.15, 0.2) is 30.3 Å². The summed E-state index contributed by atoms with van der Waals surface area (Å²) in [6.07, 6.45) is 0.935. The average molecular weight is 345 g/mol. The van der Waals surface area contributed by atoms with Crippen molar-refractivity contribution in [2.75, 3.05) is 5.75 Å². The molecule has 0 radical (unpaired) electrons. The van der Waals surface area contributed by atoms with Crippen molar-refractivity contribution >= 4 is 40.9 Å². The number of carbonyl (C=O) groups excluding carboxylic acids is 3. The van der Waals surface area contributed by atoms with Gasteiger partial charge in [-0.15, -0.1) is 11.3 Å². The van der Waals surface area contributed by atoms with E-state index in [0.29, 0.717) is 9.94 Å². The van der Waals surface area contributed by atoms with Crippen LogP contribution in [-0.4, -0.2) is 28.6 Å². The fourth-order valence-electron chi connectivity index (χ4n) is 2.63. The number of thioether (sulfide) groups is 1. The maximum Gasteiger partial charge on any atom is 0.373 e. The zero-order chi connectivity index (χ0) is 16.0. The van der Waals surface area contributed by atoms with Crippen LogP contribution in [0.5, 0.6) is 0 Å². The molecule has 4 rings (SSSR count). The highest BCUT2D eigenvalue weighted by Crippen LogP contribution is 2.32. The van der Waals surface area contributed by atoms with Gasteiger partial charge in [0, 0.05) is 10.6 Å². The van der Waals surface area contributed by atoms with E-state index in [9.17, 15) is 14.4 Å². The molecule has 7 heteroatoms. The molecule has 5 nitrogen and oxygen atoms in total. The number of hydrogen-bond acceptors (Lipinski definition) is 6. The van der Waals surface area contributed by atoms with E-state index in [1.54, 1.807) is 30.3 Å². The van der Waals surface area contributed by atoms with Crippen LogP contribution in [-0.2, 0) is 17.0 Å². The normalized spacial score (nSPS) is 16.3. The fraction of sp³-hybridized carbons (Fsp3) is 0.188. The van der Waals surface area contributed by atoms with Gasteiger partial charge in [0.1, 0.15) is 4.88 Å². The predicted octanol–water partition coefficient (Wildman–Crippen LogP) is 2.91. The van der Waals surface area contributed by atoms with Crippen molar-refractivity contribution in [2.24, 2.45) is 0 Å². The first-order chi connectivity index (χ1) is 11.1. The maximum absolute atomic E-state index is 12.3. The molecule has 2 aliphatic heterocycles. The summed E-state index contributed by atoms with van der Waals surface area (Å²) in [6.45, 7) is 0. The van der Waals surface area contributed by atoms with Gasteiger partial charge in [-0.3, -0.25) is 9.59 Å². The third kappa shape index (κ3) is 2.36. The summed E-state index contributed by atoms with van der Waals surface area (Å²) >= 11 is 3.20. The van der Waals surface area contributed by atoms with E-state index in [0.717, 1.165) is 23.5 Å². The van der Waals surface area contributed by atoms with Crippen LogP contribution in [0.2, 0.25) is 0 Å². The van der Waals surface area contributed by atoms with E-state index >= 15 is 0 Å². The van der Waals surface area contributed by atoms with Crippen molar-refractivity contribution in [3.05, 3.63) is 56.8 Å². The number of benzene rings is 1. The van der Waals surface area contributed by atoms with Gasteiger partial charge in [-0.25, -0.2) is 4.79 Å². The Labute approximate surface area is 140 Å². The topological polar surface area (TPSA) is 63.7 Å². The van der Waals surface area contributed by atoms with Gasteiger partial charge in [-0.1, -0.05) is 17.2 Å². The SMILES string of the molecule is O=C(ON1C(=O)c2ccccc2C1=O)c1cc2c(s1)CCSC2. The Morgan fingerprint density at radius 1 is 1.13 bits per heavy atom. The number of hydroxylamine groups is 2. The number of fused-ring (bicyclic) bond motifs is 2. The first kappa shape index (κ1) is 14.5. The summed E-state index contributed by atoms with van der Waals surface area (Å²) in [6, 6.07) is 8.22. The number of imide groups is 1. The zero-order valence-electron chi connectivity index (χ0n) is 11.9. The van der Waals surface area contributed by atoms with Crippen LogP contribution >= 0.6 is 23.1 Å². The molecular formula is C16H11NO4S2. The first-order valence-electron chi connectivity index (χ1n) is 7.04. The summed E-state index contributed by atoms with van der Waals surface area (Å²) in [7, 11) is 0. The molecule has 1 aromatic heterocycles. The number of amides is 2. The summed E-state index contributed by atoms with van der Waals surface area (Å²) in [4.78, 5) is 43.4. The third-order valence-corrected chi connectivity index (χ3v) is 5.98. The number of nitrogens with zero attached hydrogens (tertiary/aromatic N) is 1. The maximum atomic E-state index is 12.3. The van der Waals surface area contributed by atoms with Crippen LogP contribution in [0.1, 0.15) is 40.8 Å². The van der Waals surface area contributed by atoms with Crippen molar-refractivity contribution in [2.45, 2.75) is 12.2 Å². The Morgan fingerprint density at radius 2 is 1.83 bits per heavy atom. The second-order valence-electron chi connectivity index (χ2n) is 5.19. The molecule has 0 fully saturated rings. The van der Waals surface area contributed by atoms with Gasteiger partial charge in [0.25, 0.3) is 11.8 Å². The molecule has 0 N–H and O–H groups in total. The van der Waals surface area contributed by atoms with Crippen molar-refractivity contribution in [1.82, 2.24) is 5.06 Å². The van der Waals surface area contributed by atoms with Crippen LogP contribution < -0.4 is 0 Å². The van der Waals surface area contributed by atoms with Gasteiger partial charge < -0.3 is 4.84 Å². The highest BCUT2D eigenvalue weighted by atomic mass is 32.2.